The summed E-state index contributed by atoms with van der Waals surface area (Å²) in [5, 5.41) is 1.14. The number of likely N-dealkylation sites (N-methyl/N-ethyl adjacent to an activating group) is 1. The smallest absolute Gasteiger partial charge is 0.104 e. The first kappa shape index (κ1) is 12.1. The van der Waals surface area contributed by atoms with Gasteiger partial charge in [0.1, 0.15) is 4.99 Å². The number of nitrogens with two attached hydrogens (primary N) is 1. The Bertz CT molecular complexity index is 543. The van der Waals surface area contributed by atoms with Crippen LogP contribution in [0.25, 0.3) is 10.9 Å². The van der Waals surface area contributed by atoms with E-state index in [1.807, 2.05) is 12.1 Å². The van der Waals surface area contributed by atoms with Gasteiger partial charge in [0.15, 0.2) is 0 Å². The molecule has 0 aliphatic rings. The summed E-state index contributed by atoms with van der Waals surface area (Å²) in [6, 6.07) is 8.16. The Labute approximate surface area is 107 Å². The van der Waals surface area contributed by atoms with Crippen LogP contribution in [0.1, 0.15) is 5.56 Å². The zero-order valence-electron chi connectivity index (χ0n) is 10.2. The van der Waals surface area contributed by atoms with Gasteiger partial charge in [-0.15, -0.1) is 0 Å². The molecule has 0 unspecified atom stereocenters. The minimum Gasteiger partial charge on any atom is -0.389 e. The Kier molecular flexibility index (Phi) is 3.45. The van der Waals surface area contributed by atoms with Gasteiger partial charge in [0.25, 0.3) is 0 Å². The van der Waals surface area contributed by atoms with Gasteiger partial charge in [-0.2, -0.15) is 0 Å². The molecule has 2 aromatic rings. The van der Waals surface area contributed by atoms with Crippen molar-refractivity contribution in [2.75, 3.05) is 20.6 Å². The van der Waals surface area contributed by atoms with Crippen LogP contribution in [0.4, 0.5) is 0 Å². The number of rotatable bonds is 4. The quantitative estimate of drug-likeness (QED) is 0.837. The van der Waals surface area contributed by atoms with Crippen LogP contribution >= 0.6 is 12.2 Å². The highest BCUT2D eigenvalue weighted by Crippen LogP contribution is 2.20. The van der Waals surface area contributed by atoms with Crippen molar-refractivity contribution in [3.05, 3.63) is 36.0 Å². The van der Waals surface area contributed by atoms with Crippen LogP contribution in [0.15, 0.2) is 30.5 Å². The predicted octanol–water partition coefficient (Wildman–Crippen LogP) is 1.84. The molecule has 17 heavy (non-hydrogen) atoms. The summed E-state index contributed by atoms with van der Waals surface area (Å²) >= 11 is 5.07. The molecule has 0 atom stereocenters. The molecule has 0 saturated carbocycles. The van der Waals surface area contributed by atoms with Crippen molar-refractivity contribution >= 4 is 28.1 Å². The zero-order valence-corrected chi connectivity index (χ0v) is 11.0. The Balaban J connectivity index is 2.40. The molecule has 1 heterocycles. The molecule has 1 aromatic carbocycles. The molecule has 0 fully saturated rings. The average molecular weight is 247 g/mol. The second-order valence-electron chi connectivity index (χ2n) is 4.42. The zero-order chi connectivity index (χ0) is 12.4. The Morgan fingerprint density at radius 2 is 2.12 bits per heavy atom. The maximum Gasteiger partial charge on any atom is 0.104 e. The van der Waals surface area contributed by atoms with Gasteiger partial charge in [0, 0.05) is 35.8 Å². The van der Waals surface area contributed by atoms with Gasteiger partial charge in [-0.3, -0.25) is 0 Å². The first-order valence-corrected chi connectivity index (χ1v) is 6.03. The predicted molar refractivity (Wildman–Crippen MR) is 76.4 cm³/mol. The standard InChI is InChI=1S/C13H17N3S/c1-15(2)8-9-16-7-6-10-11(13(14)17)4-3-5-12(10)16/h3-7H,8-9H2,1-2H3,(H2,14,17). The molecular weight excluding hydrogens is 230 g/mol. The third kappa shape index (κ3) is 2.48. The molecule has 3 nitrogen and oxygen atoms in total. The fourth-order valence-electron chi connectivity index (χ4n) is 1.94. The topological polar surface area (TPSA) is 34.2 Å². The van der Waals surface area contributed by atoms with Crippen molar-refractivity contribution in [1.29, 1.82) is 0 Å². The van der Waals surface area contributed by atoms with Crippen LogP contribution in [0, 0.1) is 0 Å². The monoisotopic (exact) mass is 247 g/mol. The second kappa shape index (κ2) is 4.85. The fraction of sp³-hybridized carbons (Fsp3) is 0.308. The van der Waals surface area contributed by atoms with E-state index in [2.05, 4.69) is 41.9 Å². The maximum atomic E-state index is 5.73. The van der Waals surface area contributed by atoms with Crippen LogP contribution in [0.2, 0.25) is 0 Å². The Morgan fingerprint density at radius 1 is 1.35 bits per heavy atom. The van der Waals surface area contributed by atoms with Crippen molar-refractivity contribution in [3.63, 3.8) is 0 Å². The highest BCUT2D eigenvalue weighted by molar-refractivity contribution is 7.80. The van der Waals surface area contributed by atoms with E-state index in [1.165, 1.54) is 5.52 Å². The van der Waals surface area contributed by atoms with Gasteiger partial charge < -0.3 is 15.2 Å². The van der Waals surface area contributed by atoms with Crippen molar-refractivity contribution in [2.24, 2.45) is 5.73 Å². The van der Waals surface area contributed by atoms with Crippen molar-refractivity contribution in [3.8, 4) is 0 Å². The Hall–Kier alpha value is -1.39. The Morgan fingerprint density at radius 3 is 2.76 bits per heavy atom. The molecule has 0 saturated heterocycles. The number of aromatic nitrogens is 1. The summed E-state index contributed by atoms with van der Waals surface area (Å²) in [7, 11) is 4.15. The van der Waals surface area contributed by atoms with Crippen molar-refractivity contribution < 1.29 is 0 Å². The summed E-state index contributed by atoms with van der Waals surface area (Å²) < 4.78 is 2.23. The normalized spacial score (nSPS) is 11.2. The molecule has 1 aromatic heterocycles. The SMILES string of the molecule is CN(C)CCn1ccc2c(C(N)=S)cccc21. The van der Waals surface area contributed by atoms with E-state index in [-0.39, 0.29) is 0 Å². The van der Waals surface area contributed by atoms with Gasteiger partial charge in [0.2, 0.25) is 0 Å². The first-order valence-electron chi connectivity index (χ1n) is 5.62. The van der Waals surface area contributed by atoms with Crippen molar-refractivity contribution in [1.82, 2.24) is 9.47 Å². The average Bonchev–Trinajstić information content (AvgIpc) is 2.68. The van der Waals surface area contributed by atoms with Crippen LogP contribution in [-0.2, 0) is 6.54 Å². The maximum absolute atomic E-state index is 5.73. The highest BCUT2D eigenvalue weighted by atomic mass is 32.1. The minimum atomic E-state index is 0.459. The lowest BCUT2D eigenvalue weighted by molar-refractivity contribution is 0.387. The number of nitrogens with zero attached hydrogens (tertiary/aromatic N) is 2. The molecule has 90 valence electrons. The second-order valence-corrected chi connectivity index (χ2v) is 4.85. The van der Waals surface area contributed by atoms with Gasteiger partial charge in [-0.25, -0.2) is 0 Å². The summed E-state index contributed by atoms with van der Waals surface area (Å²) in [5.41, 5.74) is 7.88. The first-order chi connectivity index (χ1) is 8.09. The van der Waals surface area contributed by atoms with Gasteiger partial charge in [-0.05, 0) is 26.2 Å². The molecule has 2 N–H and O–H groups in total. The van der Waals surface area contributed by atoms with Crippen molar-refractivity contribution in [2.45, 2.75) is 6.54 Å². The molecular formula is C13H17N3S. The van der Waals surface area contributed by atoms with E-state index in [1.54, 1.807) is 0 Å². The lowest BCUT2D eigenvalue weighted by atomic mass is 10.1. The van der Waals surface area contributed by atoms with E-state index in [9.17, 15) is 0 Å². The molecule has 2 rings (SSSR count). The summed E-state index contributed by atoms with van der Waals surface area (Å²) in [5.74, 6) is 0. The number of thiocarbonyl (C=S) groups is 1. The van der Waals surface area contributed by atoms with Gasteiger partial charge >= 0.3 is 0 Å². The van der Waals surface area contributed by atoms with Gasteiger partial charge in [-0.1, -0.05) is 24.4 Å². The number of hydrogen-bond donors (Lipinski definition) is 1. The van der Waals surface area contributed by atoms with Crippen LogP contribution in [-0.4, -0.2) is 35.1 Å². The molecule has 0 amide bonds. The van der Waals surface area contributed by atoms with Crippen LogP contribution in [0.3, 0.4) is 0 Å². The summed E-state index contributed by atoms with van der Waals surface area (Å²) in [6.45, 7) is 1.98. The van der Waals surface area contributed by atoms with E-state index in [0.29, 0.717) is 4.99 Å². The summed E-state index contributed by atoms with van der Waals surface area (Å²) in [4.78, 5) is 2.63. The summed E-state index contributed by atoms with van der Waals surface area (Å²) in [6.07, 6.45) is 2.09. The molecule has 0 aliphatic heterocycles. The number of benzene rings is 1. The van der Waals surface area contributed by atoms with Crippen LogP contribution < -0.4 is 5.73 Å². The third-order valence-electron chi connectivity index (χ3n) is 2.87. The van der Waals surface area contributed by atoms with E-state index >= 15 is 0 Å². The molecule has 4 heteroatoms. The lowest BCUT2D eigenvalue weighted by Gasteiger charge is -2.11. The van der Waals surface area contributed by atoms with E-state index in [4.69, 9.17) is 18.0 Å². The molecule has 0 bridgehead atoms. The van der Waals surface area contributed by atoms with E-state index in [0.717, 1.165) is 24.0 Å². The van der Waals surface area contributed by atoms with Crippen LogP contribution in [0.5, 0.6) is 0 Å². The molecule has 0 spiro atoms. The molecule has 0 radical (unpaired) electrons. The third-order valence-corrected chi connectivity index (χ3v) is 3.09. The highest BCUT2D eigenvalue weighted by Gasteiger charge is 2.07. The largest absolute Gasteiger partial charge is 0.389 e. The number of fused-ring (bicyclic) bond motifs is 1. The van der Waals surface area contributed by atoms with Gasteiger partial charge in [0.05, 0.1) is 0 Å². The minimum absolute atomic E-state index is 0.459. The molecule has 0 aliphatic carbocycles. The fourth-order valence-corrected chi connectivity index (χ4v) is 2.12. The number of hydrogen-bond acceptors (Lipinski definition) is 2. The lowest BCUT2D eigenvalue weighted by Crippen LogP contribution is -2.18. The van der Waals surface area contributed by atoms with E-state index < -0.39 is 0 Å².